The fraction of sp³-hybridized carbons (Fsp3) is 0.562. The molecule has 0 spiro atoms. The number of H-pyrrole nitrogens is 1. The van der Waals surface area contributed by atoms with Crippen molar-refractivity contribution in [2.24, 2.45) is 5.92 Å². The van der Waals surface area contributed by atoms with Crippen LogP contribution >= 0.6 is 0 Å². The molecular weight excluding hydrogens is 250 g/mol. The lowest BCUT2D eigenvalue weighted by Gasteiger charge is -2.16. The molecule has 1 aromatic carbocycles. The summed E-state index contributed by atoms with van der Waals surface area (Å²) in [4.78, 5) is 0. The number of nitrogens with one attached hydrogen (secondary N) is 2. The zero-order valence-corrected chi connectivity index (χ0v) is 12.7. The number of aromatic amines is 1. The van der Waals surface area contributed by atoms with Gasteiger partial charge in [0, 0.05) is 18.5 Å². The number of nitrogens with zero attached hydrogens (tertiary/aromatic N) is 1. The van der Waals surface area contributed by atoms with Crippen LogP contribution in [0.3, 0.4) is 0 Å². The van der Waals surface area contributed by atoms with Gasteiger partial charge in [-0.3, -0.25) is 5.10 Å². The van der Waals surface area contributed by atoms with Gasteiger partial charge >= 0.3 is 0 Å². The van der Waals surface area contributed by atoms with Gasteiger partial charge < -0.3 is 10.1 Å². The summed E-state index contributed by atoms with van der Waals surface area (Å²) < 4.78 is 5.96. The zero-order chi connectivity index (χ0) is 14.4. The number of ether oxygens (including phenoxy) is 1. The van der Waals surface area contributed by atoms with Crippen LogP contribution in [0.1, 0.15) is 39.5 Å². The summed E-state index contributed by atoms with van der Waals surface area (Å²) in [5.41, 5.74) is 1.01. The average molecular weight is 275 g/mol. The molecule has 0 saturated carbocycles. The minimum absolute atomic E-state index is 0.662. The van der Waals surface area contributed by atoms with Crippen molar-refractivity contribution in [2.75, 3.05) is 19.0 Å². The third-order valence-electron chi connectivity index (χ3n) is 3.65. The molecule has 0 bridgehead atoms. The van der Waals surface area contributed by atoms with E-state index in [-0.39, 0.29) is 0 Å². The standard InChI is InChI=1S/C16H25N3O/c1-4-6-12(7-5-2)11-20-13-8-9-14-15(10-13)18-19-16(14)17-3/h8-10,12H,4-7,11H2,1-3H3,(H2,17,18,19). The third kappa shape index (κ3) is 3.44. The lowest BCUT2D eigenvalue weighted by atomic mass is 9.99. The summed E-state index contributed by atoms with van der Waals surface area (Å²) in [5, 5.41) is 11.4. The van der Waals surface area contributed by atoms with E-state index in [0.717, 1.165) is 29.1 Å². The molecule has 1 heterocycles. The SMILES string of the molecule is CCCC(CCC)COc1ccc2c(NC)n[nH]c2c1. The van der Waals surface area contributed by atoms with E-state index < -0.39 is 0 Å². The number of benzene rings is 1. The lowest BCUT2D eigenvalue weighted by molar-refractivity contribution is 0.230. The summed E-state index contributed by atoms with van der Waals surface area (Å²) >= 11 is 0. The zero-order valence-electron chi connectivity index (χ0n) is 12.7. The highest BCUT2D eigenvalue weighted by Gasteiger charge is 2.09. The van der Waals surface area contributed by atoms with Gasteiger partial charge in [-0.2, -0.15) is 5.10 Å². The van der Waals surface area contributed by atoms with Crippen LogP contribution < -0.4 is 10.1 Å². The lowest BCUT2D eigenvalue weighted by Crippen LogP contribution is -2.11. The van der Waals surface area contributed by atoms with E-state index in [2.05, 4.69) is 35.4 Å². The minimum Gasteiger partial charge on any atom is -0.493 e. The van der Waals surface area contributed by atoms with Crippen molar-refractivity contribution >= 4 is 16.7 Å². The number of hydrogen-bond acceptors (Lipinski definition) is 3. The Morgan fingerprint density at radius 2 is 2.00 bits per heavy atom. The number of anilines is 1. The van der Waals surface area contributed by atoms with Gasteiger partial charge in [-0.15, -0.1) is 0 Å². The second-order valence-electron chi connectivity index (χ2n) is 5.28. The highest BCUT2D eigenvalue weighted by atomic mass is 16.5. The summed E-state index contributed by atoms with van der Waals surface area (Å²) in [6.45, 7) is 5.28. The van der Waals surface area contributed by atoms with Crippen LogP contribution in [0.2, 0.25) is 0 Å². The van der Waals surface area contributed by atoms with Crippen molar-refractivity contribution in [3.05, 3.63) is 18.2 Å². The van der Waals surface area contributed by atoms with Crippen LogP contribution in [0.5, 0.6) is 5.75 Å². The van der Waals surface area contributed by atoms with E-state index in [1.54, 1.807) is 0 Å². The Hall–Kier alpha value is -1.71. The number of aromatic nitrogens is 2. The summed E-state index contributed by atoms with van der Waals surface area (Å²) in [5.74, 6) is 2.46. The van der Waals surface area contributed by atoms with E-state index in [1.807, 2.05) is 19.2 Å². The van der Waals surface area contributed by atoms with Gasteiger partial charge in [0.2, 0.25) is 0 Å². The smallest absolute Gasteiger partial charge is 0.155 e. The Kier molecular flexibility index (Phi) is 5.27. The Balaban J connectivity index is 2.02. The van der Waals surface area contributed by atoms with Crippen molar-refractivity contribution in [1.82, 2.24) is 10.2 Å². The van der Waals surface area contributed by atoms with E-state index in [9.17, 15) is 0 Å². The molecule has 4 nitrogen and oxygen atoms in total. The summed E-state index contributed by atoms with van der Waals surface area (Å²) in [7, 11) is 1.88. The van der Waals surface area contributed by atoms with Gasteiger partial charge in [0.1, 0.15) is 5.75 Å². The van der Waals surface area contributed by atoms with Crippen molar-refractivity contribution in [2.45, 2.75) is 39.5 Å². The molecule has 4 heteroatoms. The molecule has 0 unspecified atom stereocenters. The van der Waals surface area contributed by atoms with E-state index >= 15 is 0 Å². The van der Waals surface area contributed by atoms with E-state index in [0.29, 0.717) is 5.92 Å². The molecule has 0 fully saturated rings. The molecule has 110 valence electrons. The summed E-state index contributed by atoms with van der Waals surface area (Å²) in [6, 6.07) is 6.10. The van der Waals surface area contributed by atoms with Crippen LogP contribution in [-0.4, -0.2) is 23.9 Å². The van der Waals surface area contributed by atoms with Crippen LogP contribution in [0.25, 0.3) is 10.9 Å². The molecule has 0 amide bonds. The second kappa shape index (κ2) is 7.17. The fourth-order valence-electron chi connectivity index (χ4n) is 2.62. The van der Waals surface area contributed by atoms with Crippen LogP contribution in [0.4, 0.5) is 5.82 Å². The van der Waals surface area contributed by atoms with Gasteiger partial charge in [0.25, 0.3) is 0 Å². The first-order valence-electron chi connectivity index (χ1n) is 7.57. The van der Waals surface area contributed by atoms with Crippen molar-refractivity contribution in [1.29, 1.82) is 0 Å². The molecule has 0 saturated heterocycles. The van der Waals surface area contributed by atoms with Gasteiger partial charge in [-0.05, 0) is 30.9 Å². The molecule has 2 rings (SSSR count). The van der Waals surface area contributed by atoms with Gasteiger partial charge in [-0.25, -0.2) is 0 Å². The molecule has 1 aromatic heterocycles. The first-order valence-corrected chi connectivity index (χ1v) is 7.57. The fourth-order valence-corrected chi connectivity index (χ4v) is 2.62. The highest BCUT2D eigenvalue weighted by Crippen LogP contribution is 2.25. The minimum atomic E-state index is 0.662. The normalized spacial score (nSPS) is 11.2. The molecule has 0 aliphatic carbocycles. The maximum atomic E-state index is 5.96. The monoisotopic (exact) mass is 275 g/mol. The van der Waals surface area contributed by atoms with Crippen LogP contribution in [0.15, 0.2) is 18.2 Å². The molecule has 0 aliphatic heterocycles. The Morgan fingerprint density at radius 3 is 2.65 bits per heavy atom. The molecule has 0 atom stereocenters. The van der Waals surface area contributed by atoms with Gasteiger partial charge in [0.05, 0.1) is 12.1 Å². The first-order chi connectivity index (χ1) is 9.78. The molecule has 0 radical (unpaired) electrons. The second-order valence-corrected chi connectivity index (χ2v) is 5.28. The van der Waals surface area contributed by atoms with Crippen molar-refractivity contribution in [3.8, 4) is 5.75 Å². The number of fused-ring (bicyclic) bond motifs is 1. The van der Waals surface area contributed by atoms with Crippen molar-refractivity contribution in [3.63, 3.8) is 0 Å². The number of hydrogen-bond donors (Lipinski definition) is 2. The number of rotatable bonds is 8. The predicted molar refractivity (Wildman–Crippen MR) is 84.4 cm³/mol. The van der Waals surface area contributed by atoms with E-state index in [4.69, 9.17) is 4.74 Å². The molecule has 2 aromatic rings. The molecule has 2 N–H and O–H groups in total. The Labute approximate surface area is 120 Å². The van der Waals surface area contributed by atoms with Gasteiger partial charge in [0.15, 0.2) is 5.82 Å². The highest BCUT2D eigenvalue weighted by molar-refractivity contribution is 5.90. The average Bonchev–Trinajstić information content (AvgIpc) is 2.87. The topological polar surface area (TPSA) is 49.9 Å². The van der Waals surface area contributed by atoms with E-state index in [1.165, 1.54) is 25.7 Å². The predicted octanol–water partition coefficient (Wildman–Crippen LogP) is 4.20. The Bertz CT molecular complexity index is 530. The van der Waals surface area contributed by atoms with Gasteiger partial charge in [-0.1, -0.05) is 26.7 Å². The third-order valence-corrected chi connectivity index (χ3v) is 3.65. The molecule has 20 heavy (non-hydrogen) atoms. The quantitative estimate of drug-likeness (QED) is 0.759. The maximum absolute atomic E-state index is 5.96. The molecular formula is C16H25N3O. The van der Waals surface area contributed by atoms with Crippen LogP contribution in [-0.2, 0) is 0 Å². The Morgan fingerprint density at radius 1 is 1.25 bits per heavy atom. The van der Waals surface area contributed by atoms with Crippen molar-refractivity contribution < 1.29 is 4.74 Å². The maximum Gasteiger partial charge on any atom is 0.155 e. The first kappa shape index (κ1) is 14.7. The molecule has 0 aliphatic rings. The van der Waals surface area contributed by atoms with Crippen LogP contribution in [0, 0.1) is 5.92 Å². The summed E-state index contributed by atoms with van der Waals surface area (Å²) in [6.07, 6.45) is 4.92. The largest absolute Gasteiger partial charge is 0.493 e.